The molecule has 96 valence electrons. The van der Waals surface area contributed by atoms with Crippen LogP contribution in [0.25, 0.3) is 0 Å². The number of alkyl halides is 1. The maximum atomic E-state index is 8.58. The van der Waals surface area contributed by atoms with Gasteiger partial charge in [-0.25, -0.2) is 9.97 Å². The second-order valence-corrected chi connectivity index (χ2v) is 5.38. The van der Waals surface area contributed by atoms with Gasteiger partial charge in [-0.1, -0.05) is 28.1 Å². The molecule has 2 heterocycles. The first-order valence-electron chi connectivity index (χ1n) is 5.05. The quantitative estimate of drug-likeness (QED) is 0.567. The molecule has 0 aromatic carbocycles. The third kappa shape index (κ3) is 6.04. The summed E-state index contributed by atoms with van der Waals surface area (Å²) in [6.07, 6.45) is 0. The van der Waals surface area contributed by atoms with Crippen molar-refractivity contribution in [1.82, 2.24) is 9.97 Å². The summed E-state index contributed by atoms with van der Waals surface area (Å²) in [5.74, 6) is 0. The highest BCUT2D eigenvalue weighted by Gasteiger charge is 1.90. The molecule has 0 amide bonds. The summed E-state index contributed by atoms with van der Waals surface area (Å²) in [6.45, 7) is -0.000556. The molecule has 2 rings (SSSR count). The topological polar surface area (TPSA) is 46.0 Å². The van der Waals surface area contributed by atoms with E-state index in [0.717, 1.165) is 20.2 Å². The van der Waals surface area contributed by atoms with Gasteiger partial charge in [-0.3, -0.25) is 0 Å². The summed E-state index contributed by atoms with van der Waals surface area (Å²) >= 11 is 9.76. The summed E-state index contributed by atoms with van der Waals surface area (Å²) in [7, 11) is 0. The molecule has 3 nitrogen and oxygen atoms in total. The minimum atomic E-state index is -0.000556. The highest BCUT2D eigenvalue weighted by atomic mass is 79.9. The van der Waals surface area contributed by atoms with Gasteiger partial charge in [-0.15, -0.1) is 0 Å². The van der Waals surface area contributed by atoms with Gasteiger partial charge in [0, 0.05) is 5.33 Å². The molecule has 0 radical (unpaired) electrons. The van der Waals surface area contributed by atoms with Crippen LogP contribution in [0.4, 0.5) is 0 Å². The normalized spacial score (nSPS) is 9.56. The molecule has 2 aromatic heterocycles. The molecule has 0 fully saturated rings. The van der Waals surface area contributed by atoms with Crippen molar-refractivity contribution in [2.45, 2.75) is 11.9 Å². The lowest BCUT2D eigenvalue weighted by Crippen LogP contribution is -1.86. The molecule has 6 heteroatoms. The smallest absolute Gasteiger partial charge is 0.106 e. The Labute approximate surface area is 131 Å². The van der Waals surface area contributed by atoms with Gasteiger partial charge >= 0.3 is 0 Å². The van der Waals surface area contributed by atoms with Crippen LogP contribution in [0.1, 0.15) is 11.4 Å². The SMILES string of the molecule is BrCc1cccc(Br)n1.OCc1cccc(Br)n1. The zero-order valence-corrected chi connectivity index (χ0v) is 14.1. The highest BCUT2D eigenvalue weighted by Crippen LogP contribution is 2.08. The van der Waals surface area contributed by atoms with E-state index in [1.807, 2.05) is 30.3 Å². The Morgan fingerprint density at radius 1 is 0.889 bits per heavy atom. The fourth-order valence-corrected chi connectivity index (χ4v) is 2.14. The van der Waals surface area contributed by atoms with E-state index in [1.54, 1.807) is 6.07 Å². The molecule has 0 saturated carbocycles. The molecule has 0 aliphatic carbocycles. The minimum absolute atomic E-state index is 0.000556. The number of aliphatic hydroxyl groups is 1. The third-order valence-electron chi connectivity index (χ3n) is 1.84. The van der Waals surface area contributed by atoms with Crippen LogP contribution in [-0.2, 0) is 11.9 Å². The summed E-state index contributed by atoms with van der Waals surface area (Å²) in [4.78, 5) is 8.12. The number of rotatable bonds is 2. The Balaban J connectivity index is 0.000000180. The highest BCUT2D eigenvalue weighted by molar-refractivity contribution is 9.10. The lowest BCUT2D eigenvalue weighted by atomic mass is 10.4. The third-order valence-corrected chi connectivity index (χ3v) is 3.30. The van der Waals surface area contributed by atoms with Gasteiger partial charge in [-0.2, -0.15) is 0 Å². The summed E-state index contributed by atoms with van der Waals surface area (Å²) < 4.78 is 1.65. The molecule has 1 N–H and O–H groups in total. The molecular weight excluding hydrogens is 428 g/mol. The van der Waals surface area contributed by atoms with Crippen LogP contribution in [0.5, 0.6) is 0 Å². The number of hydrogen-bond donors (Lipinski definition) is 1. The van der Waals surface area contributed by atoms with E-state index in [9.17, 15) is 0 Å². The van der Waals surface area contributed by atoms with Gasteiger partial charge in [-0.05, 0) is 56.1 Å². The Morgan fingerprint density at radius 2 is 1.39 bits per heavy atom. The van der Waals surface area contributed by atoms with E-state index in [-0.39, 0.29) is 6.61 Å². The number of nitrogens with zero attached hydrogens (tertiary/aromatic N) is 2. The summed E-state index contributed by atoms with van der Waals surface area (Å²) in [5, 5.41) is 9.39. The molecule has 2 aromatic rings. The zero-order valence-electron chi connectivity index (χ0n) is 9.35. The van der Waals surface area contributed by atoms with E-state index in [4.69, 9.17) is 5.11 Å². The number of pyridine rings is 2. The Kier molecular flexibility index (Phi) is 7.65. The summed E-state index contributed by atoms with van der Waals surface area (Å²) in [6, 6.07) is 11.3. The number of hydrogen-bond acceptors (Lipinski definition) is 3. The van der Waals surface area contributed by atoms with E-state index >= 15 is 0 Å². The van der Waals surface area contributed by atoms with Crippen LogP contribution >= 0.6 is 47.8 Å². The van der Waals surface area contributed by atoms with Gasteiger partial charge in [0.15, 0.2) is 0 Å². The number of halogens is 3. The molecule has 0 bridgehead atoms. The van der Waals surface area contributed by atoms with Crippen molar-refractivity contribution in [3.05, 3.63) is 57.0 Å². The van der Waals surface area contributed by atoms with Crippen molar-refractivity contribution in [3.63, 3.8) is 0 Å². The van der Waals surface area contributed by atoms with E-state index in [1.165, 1.54) is 0 Å². The first-order valence-corrected chi connectivity index (χ1v) is 7.76. The molecular formula is C12H11Br3N2O. The van der Waals surface area contributed by atoms with Crippen LogP contribution in [0.15, 0.2) is 45.6 Å². The molecule has 0 atom stereocenters. The standard InChI is InChI=1S/C6H5Br2N.C6H6BrNO/c7-4-5-2-1-3-6(8)9-5;7-6-3-1-2-5(4-9)8-6/h1-3H,4H2;1-3,9H,4H2. The molecule has 0 saturated heterocycles. The predicted octanol–water partition coefficient (Wildman–Crippen LogP) is 4.08. The maximum absolute atomic E-state index is 8.58. The lowest BCUT2D eigenvalue weighted by molar-refractivity contribution is 0.276. The average molecular weight is 439 g/mol. The fraction of sp³-hybridized carbons (Fsp3) is 0.167. The van der Waals surface area contributed by atoms with Crippen LogP contribution in [0.3, 0.4) is 0 Å². The first kappa shape index (κ1) is 15.8. The second kappa shape index (κ2) is 8.74. The Bertz CT molecular complexity index is 449. The fourth-order valence-electron chi connectivity index (χ4n) is 1.06. The first-order chi connectivity index (χ1) is 8.65. The van der Waals surface area contributed by atoms with Gasteiger partial charge in [0.1, 0.15) is 9.21 Å². The molecule has 0 unspecified atom stereocenters. The Hall–Kier alpha value is -0.300. The second-order valence-electron chi connectivity index (χ2n) is 3.20. The summed E-state index contributed by atoms with van der Waals surface area (Å²) in [5.41, 5.74) is 1.73. The molecule has 0 spiro atoms. The maximum Gasteiger partial charge on any atom is 0.106 e. The van der Waals surface area contributed by atoms with Crippen molar-refractivity contribution in [1.29, 1.82) is 0 Å². The molecule has 0 aliphatic heterocycles. The van der Waals surface area contributed by atoms with Crippen LogP contribution in [0, 0.1) is 0 Å². The van der Waals surface area contributed by atoms with Gasteiger partial charge in [0.2, 0.25) is 0 Å². The lowest BCUT2D eigenvalue weighted by Gasteiger charge is -1.92. The van der Waals surface area contributed by atoms with Gasteiger partial charge in [0.05, 0.1) is 18.0 Å². The van der Waals surface area contributed by atoms with Crippen molar-refractivity contribution < 1.29 is 5.11 Å². The minimum Gasteiger partial charge on any atom is -0.390 e. The molecule has 0 aliphatic rings. The van der Waals surface area contributed by atoms with Crippen LogP contribution < -0.4 is 0 Å². The van der Waals surface area contributed by atoms with Crippen molar-refractivity contribution >= 4 is 47.8 Å². The van der Waals surface area contributed by atoms with E-state index in [0.29, 0.717) is 5.69 Å². The van der Waals surface area contributed by atoms with Crippen molar-refractivity contribution in [2.75, 3.05) is 0 Å². The molecule has 18 heavy (non-hydrogen) atoms. The Morgan fingerprint density at radius 3 is 1.72 bits per heavy atom. The predicted molar refractivity (Wildman–Crippen MR) is 82.4 cm³/mol. The van der Waals surface area contributed by atoms with Crippen molar-refractivity contribution in [3.8, 4) is 0 Å². The number of aromatic nitrogens is 2. The van der Waals surface area contributed by atoms with Gasteiger partial charge in [0.25, 0.3) is 0 Å². The van der Waals surface area contributed by atoms with E-state index in [2.05, 4.69) is 57.8 Å². The van der Waals surface area contributed by atoms with Gasteiger partial charge < -0.3 is 5.11 Å². The van der Waals surface area contributed by atoms with Crippen LogP contribution in [-0.4, -0.2) is 15.1 Å². The van der Waals surface area contributed by atoms with Crippen molar-refractivity contribution in [2.24, 2.45) is 0 Å². The van der Waals surface area contributed by atoms with Crippen LogP contribution in [0.2, 0.25) is 0 Å². The largest absolute Gasteiger partial charge is 0.390 e. The average Bonchev–Trinajstić information content (AvgIpc) is 2.39. The number of aliphatic hydroxyl groups excluding tert-OH is 1. The monoisotopic (exact) mass is 436 g/mol. The zero-order chi connectivity index (χ0) is 13.4. The van der Waals surface area contributed by atoms with E-state index < -0.39 is 0 Å².